The van der Waals surface area contributed by atoms with Gasteiger partial charge in [-0.15, -0.1) is 10.2 Å². The monoisotopic (exact) mass is 293 g/mol. The normalized spacial score (nSPS) is 11.9. The van der Waals surface area contributed by atoms with Crippen molar-refractivity contribution in [3.8, 4) is 0 Å². The second kappa shape index (κ2) is 5.72. The molecule has 3 N–H and O–H groups in total. The van der Waals surface area contributed by atoms with Crippen LogP contribution in [0.3, 0.4) is 0 Å². The molecule has 0 radical (unpaired) electrons. The largest absolute Gasteiger partial charge is 0.322 e. The molecule has 1 amide bonds. The molecule has 0 aliphatic carbocycles. The lowest BCUT2D eigenvalue weighted by molar-refractivity contribution is -0.384. The molecule has 0 spiro atoms. The molecule has 8 nitrogen and oxygen atoms in total. The Morgan fingerprint density at radius 1 is 1.50 bits per heavy atom. The number of rotatable bonds is 4. The van der Waals surface area contributed by atoms with Crippen molar-refractivity contribution in [1.29, 1.82) is 0 Å². The third-order valence-electron chi connectivity index (χ3n) is 2.37. The predicted octanol–water partition coefficient (Wildman–Crippen LogP) is 1.72. The van der Waals surface area contributed by atoms with Crippen LogP contribution in [0, 0.1) is 10.1 Å². The molecule has 2 aromatic rings. The highest BCUT2D eigenvalue weighted by atomic mass is 32.1. The number of nitrogens with two attached hydrogens (primary N) is 1. The smallest absolute Gasteiger partial charge is 0.270 e. The summed E-state index contributed by atoms with van der Waals surface area (Å²) in [6, 6.07) is 5.17. The predicted molar refractivity (Wildman–Crippen MR) is 73.6 cm³/mol. The minimum atomic E-state index is -0.560. The fourth-order valence-corrected chi connectivity index (χ4v) is 2.09. The summed E-state index contributed by atoms with van der Waals surface area (Å²) in [5.74, 6) is -0.485. The first-order chi connectivity index (χ1) is 9.47. The summed E-state index contributed by atoms with van der Waals surface area (Å²) < 4.78 is 0. The Bertz CT molecular complexity index is 655. The maximum absolute atomic E-state index is 11.9. The molecule has 104 valence electrons. The van der Waals surface area contributed by atoms with E-state index in [1.807, 2.05) is 0 Å². The highest BCUT2D eigenvalue weighted by Gasteiger charge is 2.14. The zero-order valence-electron chi connectivity index (χ0n) is 10.4. The van der Waals surface area contributed by atoms with E-state index < -0.39 is 10.8 Å². The lowest BCUT2D eigenvalue weighted by Crippen LogP contribution is -2.11. The summed E-state index contributed by atoms with van der Waals surface area (Å²) in [5, 5.41) is 21.7. The summed E-state index contributed by atoms with van der Waals surface area (Å²) in [6.45, 7) is 1.76. The Kier molecular flexibility index (Phi) is 4.01. The maximum atomic E-state index is 11.9. The number of non-ortho nitro benzene ring substituents is 1. The molecule has 0 bridgehead atoms. The zero-order valence-corrected chi connectivity index (χ0v) is 11.3. The van der Waals surface area contributed by atoms with Crippen molar-refractivity contribution in [3.05, 3.63) is 45.0 Å². The van der Waals surface area contributed by atoms with Gasteiger partial charge in [0, 0.05) is 17.7 Å². The summed E-state index contributed by atoms with van der Waals surface area (Å²) in [6.07, 6.45) is 0. The van der Waals surface area contributed by atoms with Crippen molar-refractivity contribution in [1.82, 2.24) is 10.2 Å². The second-order valence-corrected chi connectivity index (χ2v) is 5.00. The third-order valence-corrected chi connectivity index (χ3v) is 3.41. The lowest BCUT2D eigenvalue weighted by atomic mass is 10.2. The Morgan fingerprint density at radius 2 is 2.25 bits per heavy atom. The van der Waals surface area contributed by atoms with Crippen LogP contribution in [0.4, 0.5) is 10.8 Å². The Morgan fingerprint density at radius 3 is 2.85 bits per heavy atom. The van der Waals surface area contributed by atoms with Crippen LogP contribution in [0.25, 0.3) is 0 Å². The van der Waals surface area contributed by atoms with E-state index in [0.717, 1.165) is 11.3 Å². The van der Waals surface area contributed by atoms with Crippen molar-refractivity contribution >= 4 is 28.1 Å². The second-order valence-electron chi connectivity index (χ2n) is 4.00. The molecule has 9 heteroatoms. The SMILES string of the molecule is CC(N)c1nnc(NC(=O)c2cccc([N+](=O)[O-])c2)s1. The van der Waals surface area contributed by atoms with E-state index in [9.17, 15) is 14.9 Å². The molecule has 20 heavy (non-hydrogen) atoms. The number of amides is 1. The van der Waals surface area contributed by atoms with E-state index in [-0.39, 0.29) is 17.3 Å². The van der Waals surface area contributed by atoms with Gasteiger partial charge >= 0.3 is 0 Å². The van der Waals surface area contributed by atoms with Gasteiger partial charge < -0.3 is 5.73 Å². The standard InChI is InChI=1S/C11H11N5O3S/c1-6(12)10-14-15-11(20-10)13-9(17)7-3-2-4-8(5-7)16(18)19/h2-6H,12H2,1H3,(H,13,15,17). The van der Waals surface area contributed by atoms with E-state index >= 15 is 0 Å². The number of carbonyl (C=O) groups excluding carboxylic acids is 1. The fraction of sp³-hybridized carbons (Fsp3) is 0.182. The number of nitro groups is 1. The molecule has 1 unspecified atom stereocenters. The van der Waals surface area contributed by atoms with Gasteiger partial charge in [-0.3, -0.25) is 20.2 Å². The summed E-state index contributed by atoms with van der Waals surface area (Å²) >= 11 is 1.16. The molecule has 1 aromatic carbocycles. The van der Waals surface area contributed by atoms with Gasteiger partial charge in [0.25, 0.3) is 11.6 Å². The van der Waals surface area contributed by atoms with E-state index in [4.69, 9.17) is 5.73 Å². The number of nitrogens with zero attached hydrogens (tertiary/aromatic N) is 3. The molecule has 1 heterocycles. The van der Waals surface area contributed by atoms with Crippen molar-refractivity contribution in [3.63, 3.8) is 0 Å². The van der Waals surface area contributed by atoms with E-state index in [1.165, 1.54) is 24.3 Å². The average Bonchev–Trinajstić information content (AvgIpc) is 2.87. The Labute approximate surface area is 117 Å². The molecule has 0 saturated heterocycles. The van der Waals surface area contributed by atoms with Crippen molar-refractivity contribution < 1.29 is 9.72 Å². The van der Waals surface area contributed by atoms with Crippen LogP contribution in [0.2, 0.25) is 0 Å². The summed E-state index contributed by atoms with van der Waals surface area (Å²) in [7, 11) is 0. The van der Waals surface area contributed by atoms with Crippen molar-refractivity contribution in [2.24, 2.45) is 5.73 Å². The number of aromatic nitrogens is 2. The number of carbonyl (C=O) groups is 1. The van der Waals surface area contributed by atoms with Crippen LogP contribution in [-0.4, -0.2) is 21.0 Å². The molecule has 0 fully saturated rings. The number of nitrogens with one attached hydrogen (secondary N) is 1. The number of anilines is 1. The van der Waals surface area contributed by atoms with Crippen LogP contribution >= 0.6 is 11.3 Å². The Balaban J connectivity index is 2.15. The highest BCUT2D eigenvalue weighted by Crippen LogP contribution is 2.21. The summed E-state index contributed by atoms with van der Waals surface area (Å²) in [5.41, 5.74) is 5.67. The first-order valence-corrected chi connectivity index (χ1v) is 6.44. The first kappa shape index (κ1) is 14.0. The third kappa shape index (κ3) is 3.13. The van der Waals surface area contributed by atoms with Gasteiger partial charge in [-0.1, -0.05) is 17.4 Å². The van der Waals surface area contributed by atoms with Gasteiger partial charge in [0.05, 0.1) is 11.0 Å². The minimum Gasteiger partial charge on any atom is -0.322 e. The topological polar surface area (TPSA) is 124 Å². The van der Waals surface area contributed by atoms with Crippen molar-refractivity contribution in [2.45, 2.75) is 13.0 Å². The molecule has 0 aliphatic rings. The number of hydrogen-bond donors (Lipinski definition) is 2. The van der Waals surface area contributed by atoms with Crippen LogP contribution in [0.1, 0.15) is 28.3 Å². The highest BCUT2D eigenvalue weighted by molar-refractivity contribution is 7.15. The Hall–Kier alpha value is -2.39. The van der Waals surface area contributed by atoms with Gasteiger partial charge in [-0.2, -0.15) is 0 Å². The van der Waals surface area contributed by atoms with E-state index in [1.54, 1.807) is 6.92 Å². The number of hydrogen-bond acceptors (Lipinski definition) is 7. The van der Waals surface area contributed by atoms with Crippen LogP contribution in [-0.2, 0) is 0 Å². The van der Waals surface area contributed by atoms with E-state index in [2.05, 4.69) is 15.5 Å². The van der Waals surface area contributed by atoms with Gasteiger partial charge in [0.1, 0.15) is 5.01 Å². The minimum absolute atomic E-state index is 0.147. The molecular weight excluding hydrogens is 282 g/mol. The number of nitro benzene ring substituents is 1. The van der Waals surface area contributed by atoms with Gasteiger partial charge in [-0.25, -0.2) is 0 Å². The summed E-state index contributed by atoms with van der Waals surface area (Å²) in [4.78, 5) is 22.0. The van der Waals surface area contributed by atoms with Gasteiger partial charge in [0.2, 0.25) is 5.13 Å². The molecule has 0 saturated carbocycles. The maximum Gasteiger partial charge on any atom is 0.270 e. The zero-order chi connectivity index (χ0) is 14.7. The molecular formula is C11H11N5O3S. The van der Waals surface area contributed by atoms with Crippen LogP contribution in [0.5, 0.6) is 0 Å². The van der Waals surface area contributed by atoms with Gasteiger partial charge in [-0.05, 0) is 13.0 Å². The van der Waals surface area contributed by atoms with Crippen LogP contribution in [0.15, 0.2) is 24.3 Å². The van der Waals surface area contributed by atoms with Crippen molar-refractivity contribution in [2.75, 3.05) is 5.32 Å². The lowest BCUT2D eigenvalue weighted by Gasteiger charge is -2.01. The quantitative estimate of drug-likeness (QED) is 0.653. The first-order valence-electron chi connectivity index (χ1n) is 5.62. The molecule has 0 aliphatic heterocycles. The average molecular weight is 293 g/mol. The van der Waals surface area contributed by atoms with E-state index in [0.29, 0.717) is 10.1 Å². The molecule has 1 atom stereocenters. The van der Waals surface area contributed by atoms with Crippen LogP contribution < -0.4 is 11.1 Å². The molecule has 1 aromatic heterocycles. The number of benzene rings is 1. The molecule has 2 rings (SSSR count). The van der Waals surface area contributed by atoms with Gasteiger partial charge in [0.15, 0.2) is 0 Å². The fourth-order valence-electron chi connectivity index (χ4n) is 1.40.